The Hall–Kier alpha value is -3.42. The largest absolute Gasteiger partial charge is 0.459 e. The predicted octanol–water partition coefficient (Wildman–Crippen LogP) is 2.07. The van der Waals surface area contributed by atoms with Crippen LogP contribution in [0.5, 0.6) is 0 Å². The molecule has 30 heavy (non-hydrogen) atoms. The summed E-state index contributed by atoms with van der Waals surface area (Å²) in [6.07, 6.45) is 9.39. The summed E-state index contributed by atoms with van der Waals surface area (Å²) in [5.41, 5.74) is 1.18. The van der Waals surface area contributed by atoms with Crippen LogP contribution in [0, 0.1) is 5.41 Å². The van der Waals surface area contributed by atoms with Crippen LogP contribution in [0.3, 0.4) is 0 Å². The van der Waals surface area contributed by atoms with Crippen LogP contribution in [0.15, 0.2) is 59.9 Å². The third kappa shape index (κ3) is 2.99. The molecule has 2 unspecified atom stereocenters. The van der Waals surface area contributed by atoms with Crippen molar-refractivity contribution in [3.63, 3.8) is 0 Å². The Balaban J connectivity index is 1.46. The number of hydrogen-bond donors (Lipinski definition) is 0. The third-order valence-electron chi connectivity index (χ3n) is 6.28. The van der Waals surface area contributed by atoms with Gasteiger partial charge in [-0.2, -0.15) is 0 Å². The van der Waals surface area contributed by atoms with Gasteiger partial charge in [0.05, 0.1) is 23.7 Å². The van der Waals surface area contributed by atoms with E-state index >= 15 is 0 Å². The predicted molar refractivity (Wildman–Crippen MR) is 107 cm³/mol. The molecule has 3 aromatic rings. The molecule has 2 amide bonds. The SMILES string of the molecule is Cn1cnc(C2CN(C(=O)c3ccco3)CC23CCN(Cc2cccnc2)C3=O)c1. The summed E-state index contributed by atoms with van der Waals surface area (Å²) in [6, 6.07) is 7.21. The van der Waals surface area contributed by atoms with Crippen LogP contribution in [0.4, 0.5) is 0 Å². The number of aromatic nitrogens is 3. The average Bonchev–Trinajstić information content (AvgIpc) is 3.54. The number of likely N-dealkylation sites (tertiary alicyclic amines) is 2. The first-order valence-electron chi connectivity index (χ1n) is 10.1. The first-order chi connectivity index (χ1) is 14.6. The van der Waals surface area contributed by atoms with Crippen LogP contribution in [-0.4, -0.2) is 55.8 Å². The first kappa shape index (κ1) is 18.6. The second-order valence-electron chi connectivity index (χ2n) is 8.17. The molecule has 0 bridgehead atoms. The highest BCUT2D eigenvalue weighted by atomic mass is 16.3. The van der Waals surface area contributed by atoms with E-state index in [9.17, 15) is 9.59 Å². The Morgan fingerprint density at radius 3 is 2.93 bits per heavy atom. The molecule has 0 N–H and O–H groups in total. The summed E-state index contributed by atoms with van der Waals surface area (Å²) in [5.74, 6) is 0.0431. The van der Waals surface area contributed by atoms with Crippen LogP contribution in [0.1, 0.15) is 34.2 Å². The fraction of sp³-hybridized carbons (Fsp3) is 0.364. The van der Waals surface area contributed by atoms with Gasteiger partial charge in [0.2, 0.25) is 5.91 Å². The molecular formula is C22H23N5O3. The minimum Gasteiger partial charge on any atom is -0.459 e. The summed E-state index contributed by atoms with van der Waals surface area (Å²) in [6.45, 7) is 1.99. The van der Waals surface area contributed by atoms with Crippen molar-refractivity contribution in [1.82, 2.24) is 24.3 Å². The Kier molecular flexibility index (Phi) is 4.42. The third-order valence-corrected chi connectivity index (χ3v) is 6.28. The van der Waals surface area contributed by atoms with Crippen LogP contribution < -0.4 is 0 Å². The number of rotatable bonds is 4. The minimum absolute atomic E-state index is 0.0803. The lowest BCUT2D eigenvalue weighted by Gasteiger charge is -2.27. The molecule has 2 saturated heterocycles. The smallest absolute Gasteiger partial charge is 0.289 e. The summed E-state index contributed by atoms with van der Waals surface area (Å²) >= 11 is 0. The van der Waals surface area contributed by atoms with Crippen molar-refractivity contribution in [3.8, 4) is 0 Å². The van der Waals surface area contributed by atoms with Gasteiger partial charge < -0.3 is 18.8 Å². The van der Waals surface area contributed by atoms with E-state index in [1.807, 2.05) is 34.8 Å². The first-order valence-corrected chi connectivity index (χ1v) is 10.1. The van der Waals surface area contributed by atoms with Crippen molar-refractivity contribution in [2.24, 2.45) is 12.5 Å². The van der Waals surface area contributed by atoms with Gasteiger partial charge in [0.15, 0.2) is 5.76 Å². The van der Waals surface area contributed by atoms with Gasteiger partial charge in [0, 0.05) is 57.7 Å². The van der Waals surface area contributed by atoms with Gasteiger partial charge in [0.1, 0.15) is 0 Å². The quantitative estimate of drug-likeness (QED) is 0.663. The molecule has 0 aromatic carbocycles. The van der Waals surface area contributed by atoms with Crippen LogP contribution in [0.2, 0.25) is 0 Å². The highest BCUT2D eigenvalue weighted by molar-refractivity contribution is 5.94. The number of nitrogens with zero attached hydrogens (tertiary/aromatic N) is 5. The number of pyridine rings is 1. The van der Waals surface area contributed by atoms with Gasteiger partial charge >= 0.3 is 0 Å². The Bertz CT molecular complexity index is 1060. The van der Waals surface area contributed by atoms with Gasteiger partial charge in [-0.3, -0.25) is 14.6 Å². The van der Waals surface area contributed by atoms with Crippen molar-refractivity contribution in [1.29, 1.82) is 0 Å². The number of imidazole rings is 1. The molecule has 2 atom stereocenters. The highest BCUT2D eigenvalue weighted by Crippen LogP contribution is 2.50. The fourth-order valence-electron chi connectivity index (χ4n) is 4.80. The molecule has 5 rings (SSSR count). The molecule has 154 valence electrons. The molecule has 0 saturated carbocycles. The van der Waals surface area contributed by atoms with E-state index in [4.69, 9.17) is 4.42 Å². The van der Waals surface area contributed by atoms with E-state index in [0.717, 1.165) is 11.3 Å². The lowest BCUT2D eigenvalue weighted by Crippen LogP contribution is -2.40. The summed E-state index contributed by atoms with van der Waals surface area (Å²) in [5, 5.41) is 0. The molecular weight excluding hydrogens is 382 g/mol. The summed E-state index contributed by atoms with van der Waals surface area (Å²) in [4.78, 5) is 39.0. The maximum Gasteiger partial charge on any atom is 0.289 e. The zero-order valence-electron chi connectivity index (χ0n) is 16.8. The Morgan fingerprint density at radius 2 is 2.23 bits per heavy atom. The molecule has 8 nitrogen and oxygen atoms in total. The molecule has 2 fully saturated rings. The number of amides is 2. The highest BCUT2D eigenvalue weighted by Gasteiger charge is 2.58. The number of hydrogen-bond acceptors (Lipinski definition) is 5. The Labute approximate surface area is 174 Å². The number of carbonyl (C=O) groups is 2. The monoisotopic (exact) mass is 405 g/mol. The summed E-state index contributed by atoms with van der Waals surface area (Å²) in [7, 11) is 1.91. The van der Waals surface area contributed by atoms with E-state index in [-0.39, 0.29) is 17.7 Å². The zero-order chi connectivity index (χ0) is 20.7. The van der Waals surface area contributed by atoms with E-state index in [1.165, 1.54) is 6.26 Å². The van der Waals surface area contributed by atoms with E-state index in [0.29, 0.717) is 38.4 Å². The van der Waals surface area contributed by atoms with E-state index < -0.39 is 5.41 Å². The average molecular weight is 405 g/mol. The van der Waals surface area contributed by atoms with E-state index in [1.54, 1.807) is 35.8 Å². The second-order valence-corrected chi connectivity index (χ2v) is 8.17. The van der Waals surface area contributed by atoms with Crippen LogP contribution >= 0.6 is 0 Å². The lowest BCUT2D eigenvalue weighted by atomic mass is 9.75. The Morgan fingerprint density at radius 1 is 1.33 bits per heavy atom. The molecule has 5 heterocycles. The molecule has 1 spiro atoms. The molecule has 2 aliphatic heterocycles. The molecule has 0 aliphatic carbocycles. The fourth-order valence-corrected chi connectivity index (χ4v) is 4.80. The lowest BCUT2D eigenvalue weighted by molar-refractivity contribution is -0.136. The molecule has 3 aromatic heterocycles. The van der Waals surface area contributed by atoms with Crippen molar-refractivity contribution in [3.05, 3.63) is 72.5 Å². The topological polar surface area (TPSA) is 84.5 Å². The normalized spacial score (nSPS) is 23.6. The second kappa shape index (κ2) is 7.12. The van der Waals surface area contributed by atoms with Gasteiger partial charge in [-0.05, 0) is 30.2 Å². The van der Waals surface area contributed by atoms with Crippen LogP contribution in [-0.2, 0) is 18.4 Å². The van der Waals surface area contributed by atoms with Crippen molar-refractivity contribution >= 4 is 11.8 Å². The van der Waals surface area contributed by atoms with Crippen molar-refractivity contribution in [2.45, 2.75) is 18.9 Å². The maximum absolute atomic E-state index is 13.7. The van der Waals surface area contributed by atoms with Gasteiger partial charge in [-0.1, -0.05) is 6.07 Å². The number of furan rings is 1. The standard InChI is InChI=1S/C22H23N5O3/c1-25-13-18(24-15-25)17-12-27(20(28)19-5-3-9-30-19)14-22(17)6-8-26(21(22)29)11-16-4-2-7-23-10-16/h2-5,7,9-10,13,15,17H,6,8,11-12,14H2,1H3. The number of carbonyl (C=O) groups excluding carboxylic acids is 2. The maximum atomic E-state index is 13.7. The van der Waals surface area contributed by atoms with Gasteiger partial charge in [-0.15, -0.1) is 0 Å². The zero-order valence-corrected chi connectivity index (χ0v) is 16.8. The van der Waals surface area contributed by atoms with Gasteiger partial charge in [-0.25, -0.2) is 4.98 Å². The minimum atomic E-state index is -0.668. The summed E-state index contributed by atoms with van der Waals surface area (Å²) < 4.78 is 7.20. The van der Waals surface area contributed by atoms with Gasteiger partial charge in [0.25, 0.3) is 5.91 Å². The van der Waals surface area contributed by atoms with E-state index in [2.05, 4.69) is 9.97 Å². The van der Waals surface area contributed by atoms with Crippen molar-refractivity contribution < 1.29 is 14.0 Å². The number of aryl methyl sites for hydroxylation is 1. The molecule has 8 heteroatoms. The molecule has 2 aliphatic rings. The van der Waals surface area contributed by atoms with Crippen molar-refractivity contribution in [2.75, 3.05) is 19.6 Å². The van der Waals surface area contributed by atoms with Crippen LogP contribution in [0.25, 0.3) is 0 Å². The molecule has 0 radical (unpaired) electrons.